The zero-order valence-corrected chi connectivity index (χ0v) is 19.3. The van der Waals surface area contributed by atoms with Gasteiger partial charge in [0.1, 0.15) is 17.3 Å². The van der Waals surface area contributed by atoms with Crippen LogP contribution in [-0.4, -0.2) is 50.3 Å². The van der Waals surface area contributed by atoms with E-state index in [0.717, 1.165) is 55.9 Å². The smallest absolute Gasteiger partial charge is 0.191 e. The first-order valence-electron chi connectivity index (χ1n) is 9.80. The average molecular weight is 516 g/mol. The Labute approximate surface area is 188 Å². The molecule has 2 heterocycles. The van der Waals surface area contributed by atoms with Crippen molar-refractivity contribution in [1.82, 2.24) is 15.5 Å². The molecular weight excluding hydrogens is 486 g/mol. The summed E-state index contributed by atoms with van der Waals surface area (Å²) in [6.07, 6.45) is 0. The normalized spacial score (nSPS) is 16.2. The Morgan fingerprint density at radius 2 is 1.86 bits per heavy atom. The number of morpholine rings is 1. The monoisotopic (exact) mass is 516 g/mol. The van der Waals surface area contributed by atoms with Gasteiger partial charge in [0, 0.05) is 26.2 Å². The molecule has 1 aromatic carbocycles. The van der Waals surface area contributed by atoms with E-state index >= 15 is 0 Å². The highest BCUT2D eigenvalue weighted by atomic mass is 127. The zero-order chi connectivity index (χ0) is 19.8. The molecule has 1 unspecified atom stereocenters. The second-order valence-electron chi connectivity index (χ2n) is 6.82. The summed E-state index contributed by atoms with van der Waals surface area (Å²) < 4.78 is 24.5. The van der Waals surface area contributed by atoms with Crippen LogP contribution in [0.5, 0.6) is 0 Å². The molecule has 29 heavy (non-hydrogen) atoms. The van der Waals surface area contributed by atoms with Crippen molar-refractivity contribution in [3.05, 3.63) is 59.3 Å². The molecule has 6 nitrogen and oxygen atoms in total. The minimum atomic E-state index is -0.236. The van der Waals surface area contributed by atoms with Gasteiger partial charge in [0.25, 0.3) is 0 Å². The number of ether oxygens (including phenoxy) is 1. The lowest BCUT2D eigenvalue weighted by Gasteiger charge is -2.33. The first kappa shape index (κ1) is 23.6. The van der Waals surface area contributed by atoms with E-state index in [1.165, 1.54) is 12.1 Å². The summed E-state index contributed by atoms with van der Waals surface area (Å²) in [5, 5.41) is 6.70. The number of aliphatic imine (C=N–C) groups is 1. The summed E-state index contributed by atoms with van der Waals surface area (Å²) in [7, 11) is 0. The predicted molar refractivity (Wildman–Crippen MR) is 123 cm³/mol. The highest BCUT2D eigenvalue weighted by molar-refractivity contribution is 14.0. The van der Waals surface area contributed by atoms with E-state index in [1.54, 1.807) is 12.1 Å². The van der Waals surface area contributed by atoms with Gasteiger partial charge in [-0.3, -0.25) is 4.90 Å². The minimum absolute atomic E-state index is 0. The number of nitrogens with zero attached hydrogens (tertiary/aromatic N) is 2. The van der Waals surface area contributed by atoms with E-state index in [4.69, 9.17) is 9.15 Å². The first-order valence-corrected chi connectivity index (χ1v) is 9.80. The molecule has 1 aromatic heterocycles. The molecule has 3 rings (SSSR count). The van der Waals surface area contributed by atoms with Crippen molar-refractivity contribution in [2.24, 2.45) is 4.99 Å². The second-order valence-corrected chi connectivity index (χ2v) is 6.82. The molecule has 0 spiro atoms. The quantitative estimate of drug-likeness (QED) is 0.336. The summed E-state index contributed by atoms with van der Waals surface area (Å²) in [5.74, 6) is 2.35. The van der Waals surface area contributed by atoms with Crippen LogP contribution in [0.2, 0.25) is 0 Å². The summed E-state index contributed by atoms with van der Waals surface area (Å²) in [6, 6.07) is 10.6. The molecule has 2 N–H and O–H groups in total. The number of nitrogens with one attached hydrogen (secondary N) is 2. The molecule has 0 amide bonds. The molecular formula is C21H30FIN4O2. The summed E-state index contributed by atoms with van der Waals surface area (Å²) in [4.78, 5) is 7.00. The molecule has 1 atom stereocenters. The van der Waals surface area contributed by atoms with Crippen molar-refractivity contribution in [2.45, 2.75) is 26.4 Å². The molecule has 0 aliphatic carbocycles. The highest BCUT2D eigenvalue weighted by Crippen LogP contribution is 2.23. The van der Waals surface area contributed by atoms with E-state index in [0.29, 0.717) is 13.1 Å². The third-order valence-electron chi connectivity index (χ3n) is 4.72. The maximum Gasteiger partial charge on any atom is 0.191 e. The van der Waals surface area contributed by atoms with Crippen LogP contribution in [-0.2, 0) is 11.3 Å². The molecule has 1 aliphatic rings. The van der Waals surface area contributed by atoms with Crippen LogP contribution in [0.25, 0.3) is 0 Å². The molecule has 160 valence electrons. The standard InChI is InChI=1S/C21H29FN4O2.HI/c1-3-23-21(24-14-17-5-7-18(22)8-6-17)25-15-19(20-9-4-16(2)28-20)26-10-12-27-13-11-26;/h4-9,19H,3,10-15H2,1-2H3,(H2,23,24,25);1H. The summed E-state index contributed by atoms with van der Waals surface area (Å²) in [5.41, 5.74) is 0.963. The van der Waals surface area contributed by atoms with Gasteiger partial charge in [0.2, 0.25) is 0 Å². The van der Waals surface area contributed by atoms with Crippen molar-refractivity contribution in [3.8, 4) is 0 Å². The summed E-state index contributed by atoms with van der Waals surface area (Å²) in [6.45, 7) is 9.11. The first-order chi connectivity index (χ1) is 13.7. The van der Waals surface area contributed by atoms with Gasteiger partial charge in [-0.15, -0.1) is 24.0 Å². The number of hydrogen-bond acceptors (Lipinski definition) is 4. The van der Waals surface area contributed by atoms with Crippen molar-refractivity contribution >= 4 is 29.9 Å². The van der Waals surface area contributed by atoms with E-state index in [-0.39, 0.29) is 35.8 Å². The van der Waals surface area contributed by atoms with Crippen LogP contribution >= 0.6 is 24.0 Å². The molecule has 2 aromatic rings. The molecule has 1 aliphatic heterocycles. The number of aryl methyl sites for hydroxylation is 1. The second kappa shape index (κ2) is 12.1. The van der Waals surface area contributed by atoms with Crippen molar-refractivity contribution in [2.75, 3.05) is 39.4 Å². The molecule has 8 heteroatoms. The summed E-state index contributed by atoms with van der Waals surface area (Å²) >= 11 is 0. The number of halogens is 2. The number of furan rings is 1. The minimum Gasteiger partial charge on any atom is -0.465 e. The third-order valence-corrected chi connectivity index (χ3v) is 4.72. The Balaban J connectivity index is 0.00000300. The Kier molecular flexibility index (Phi) is 9.89. The molecule has 1 fully saturated rings. The Morgan fingerprint density at radius 3 is 2.48 bits per heavy atom. The van der Waals surface area contributed by atoms with Crippen LogP contribution in [0.4, 0.5) is 4.39 Å². The predicted octanol–water partition coefficient (Wildman–Crippen LogP) is 3.47. The molecule has 0 saturated carbocycles. The van der Waals surface area contributed by atoms with Crippen LogP contribution < -0.4 is 10.6 Å². The van der Waals surface area contributed by atoms with Crippen LogP contribution in [0.1, 0.15) is 30.0 Å². The van der Waals surface area contributed by atoms with Gasteiger partial charge in [-0.1, -0.05) is 12.1 Å². The van der Waals surface area contributed by atoms with E-state index in [1.807, 2.05) is 26.0 Å². The van der Waals surface area contributed by atoms with Crippen molar-refractivity contribution in [3.63, 3.8) is 0 Å². The molecule has 0 radical (unpaired) electrons. The van der Waals surface area contributed by atoms with Gasteiger partial charge >= 0.3 is 0 Å². The fourth-order valence-corrected chi connectivity index (χ4v) is 3.23. The Bertz CT molecular complexity index is 760. The van der Waals surface area contributed by atoms with Crippen LogP contribution in [0.15, 0.2) is 45.8 Å². The fourth-order valence-electron chi connectivity index (χ4n) is 3.23. The SMILES string of the molecule is CCNC(=NCc1ccc(F)cc1)NCC(c1ccc(C)o1)N1CCOCC1.I. The average Bonchev–Trinajstić information content (AvgIpc) is 3.14. The number of guanidine groups is 1. The fraction of sp³-hybridized carbons (Fsp3) is 0.476. The van der Waals surface area contributed by atoms with E-state index < -0.39 is 0 Å². The highest BCUT2D eigenvalue weighted by Gasteiger charge is 2.25. The van der Waals surface area contributed by atoms with Crippen molar-refractivity contribution in [1.29, 1.82) is 0 Å². The third kappa shape index (κ3) is 7.27. The van der Waals surface area contributed by atoms with Crippen LogP contribution in [0.3, 0.4) is 0 Å². The lowest BCUT2D eigenvalue weighted by molar-refractivity contribution is 0.0124. The number of benzene rings is 1. The lowest BCUT2D eigenvalue weighted by Crippen LogP contribution is -2.46. The van der Waals surface area contributed by atoms with Gasteiger partial charge in [0.15, 0.2) is 5.96 Å². The Hall–Kier alpha value is -1.65. The van der Waals surface area contributed by atoms with Gasteiger partial charge in [-0.2, -0.15) is 0 Å². The zero-order valence-electron chi connectivity index (χ0n) is 17.0. The van der Waals surface area contributed by atoms with Gasteiger partial charge in [0.05, 0.1) is 25.8 Å². The lowest BCUT2D eigenvalue weighted by atomic mass is 10.1. The number of hydrogen-bond donors (Lipinski definition) is 2. The van der Waals surface area contributed by atoms with E-state index in [2.05, 4.69) is 20.5 Å². The number of rotatable bonds is 7. The molecule has 1 saturated heterocycles. The van der Waals surface area contributed by atoms with Crippen LogP contribution in [0, 0.1) is 12.7 Å². The Morgan fingerprint density at radius 1 is 1.14 bits per heavy atom. The maximum absolute atomic E-state index is 13.1. The topological polar surface area (TPSA) is 62.0 Å². The largest absolute Gasteiger partial charge is 0.465 e. The van der Waals surface area contributed by atoms with Gasteiger partial charge in [-0.25, -0.2) is 9.38 Å². The molecule has 0 bridgehead atoms. The van der Waals surface area contributed by atoms with Gasteiger partial charge < -0.3 is 19.8 Å². The maximum atomic E-state index is 13.1. The van der Waals surface area contributed by atoms with E-state index in [9.17, 15) is 4.39 Å². The van der Waals surface area contributed by atoms with Crippen molar-refractivity contribution < 1.29 is 13.5 Å². The van der Waals surface area contributed by atoms with Gasteiger partial charge in [-0.05, 0) is 43.7 Å².